The van der Waals surface area contributed by atoms with Gasteiger partial charge in [0.2, 0.25) is 0 Å². The van der Waals surface area contributed by atoms with Crippen LogP contribution in [0.25, 0.3) is 0 Å². The summed E-state index contributed by atoms with van der Waals surface area (Å²) in [5.74, 6) is 0.362. The summed E-state index contributed by atoms with van der Waals surface area (Å²) in [5.41, 5.74) is 5.62. The van der Waals surface area contributed by atoms with Crippen LogP contribution in [-0.2, 0) is 0 Å². The van der Waals surface area contributed by atoms with Crippen molar-refractivity contribution in [3.8, 4) is 0 Å². The largest absolute Gasteiger partial charge is 0.387 e. The van der Waals surface area contributed by atoms with Gasteiger partial charge in [0.05, 0.1) is 5.84 Å². The summed E-state index contributed by atoms with van der Waals surface area (Å²) in [4.78, 5) is 4.96. The Morgan fingerprint density at radius 1 is 1.29 bits per heavy atom. The predicted molar refractivity (Wildman–Crippen MR) is 73.5 cm³/mol. The van der Waals surface area contributed by atoms with Crippen LogP contribution >= 0.6 is 0 Å². The van der Waals surface area contributed by atoms with Gasteiger partial charge in [-0.1, -0.05) is 20.8 Å². The summed E-state index contributed by atoms with van der Waals surface area (Å²) in [6, 6.07) is 0. The lowest BCUT2D eigenvalue weighted by Gasteiger charge is -2.39. The van der Waals surface area contributed by atoms with Gasteiger partial charge < -0.3 is 15.5 Å². The fourth-order valence-corrected chi connectivity index (χ4v) is 2.36. The maximum Gasteiger partial charge on any atom is 0.0966 e. The summed E-state index contributed by atoms with van der Waals surface area (Å²) in [6.45, 7) is 13.3. The highest BCUT2D eigenvalue weighted by molar-refractivity contribution is 5.83. The first-order valence-electron chi connectivity index (χ1n) is 6.81. The van der Waals surface area contributed by atoms with E-state index >= 15 is 0 Å². The predicted octanol–water partition coefficient (Wildman–Crippen LogP) is 1.37. The van der Waals surface area contributed by atoms with Gasteiger partial charge in [0.1, 0.15) is 0 Å². The molecule has 1 rings (SSSR count). The molecule has 0 saturated carbocycles. The number of nitrogens with zero attached hydrogens (tertiary/aromatic N) is 2. The summed E-state index contributed by atoms with van der Waals surface area (Å²) in [5, 5.41) is 7.63. The third-order valence-corrected chi connectivity index (χ3v) is 4.24. The molecule has 0 aromatic heterocycles. The van der Waals surface area contributed by atoms with E-state index in [4.69, 9.17) is 11.1 Å². The Labute approximate surface area is 106 Å². The van der Waals surface area contributed by atoms with E-state index in [1.54, 1.807) is 0 Å². The summed E-state index contributed by atoms with van der Waals surface area (Å²) < 4.78 is 0. The number of rotatable bonds is 6. The molecule has 1 saturated heterocycles. The molecular formula is C13H28N4. The van der Waals surface area contributed by atoms with Gasteiger partial charge in [0, 0.05) is 18.5 Å². The molecule has 4 heteroatoms. The molecular weight excluding hydrogens is 212 g/mol. The second-order valence-electron chi connectivity index (χ2n) is 5.34. The van der Waals surface area contributed by atoms with Gasteiger partial charge in [0.15, 0.2) is 0 Å². The maximum atomic E-state index is 7.63. The molecule has 0 radical (unpaired) electrons. The van der Waals surface area contributed by atoms with Crippen LogP contribution in [0.3, 0.4) is 0 Å². The lowest BCUT2D eigenvalue weighted by Crippen LogP contribution is -2.46. The zero-order chi connectivity index (χ0) is 12.9. The van der Waals surface area contributed by atoms with E-state index in [0.717, 1.165) is 52.1 Å². The van der Waals surface area contributed by atoms with E-state index < -0.39 is 0 Å². The molecule has 0 spiro atoms. The minimum Gasteiger partial charge on any atom is -0.387 e. The van der Waals surface area contributed by atoms with Gasteiger partial charge in [-0.15, -0.1) is 0 Å². The smallest absolute Gasteiger partial charge is 0.0966 e. The van der Waals surface area contributed by atoms with Crippen molar-refractivity contribution in [2.75, 3.05) is 39.3 Å². The fourth-order valence-electron chi connectivity index (χ4n) is 2.36. The average Bonchev–Trinajstić information content (AvgIpc) is 2.32. The van der Waals surface area contributed by atoms with Crippen LogP contribution in [0.5, 0.6) is 0 Å². The van der Waals surface area contributed by atoms with Crippen molar-refractivity contribution in [2.24, 2.45) is 11.1 Å². The molecule has 0 aromatic carbocycles. The van der Waals surface area contributed by atoms with Crippen molar-refractivity contribution in [1.29, 1.82) is 5.41 Å². The number of nitrogens with two attached hydrogens (primary N) is 1. The molecule has 17 heavy (non-hydrogen) atoms. The van der Waals surface area contributed by atoms with Crippen molar-refractivity contribution in [3.63, 3.8) is 0 Å². The molecule has 0 unspecified atom stereocenters. The van der Waals surface area contributed by atoms with Crippen molar-refractivity contribution in [2.45, 2.75) is 33.6 Å². The number of nitrogens with one attached hydrogen (secondary N) is 1. The summed E-state index contributed by atoms with van der Waals surface area (Å²) in [7, 11) is 0. The Morgan fingerprint density at radius 3 is 2.24 bits per heavy atom. The molecule has 0 bridgehead atoms. The Balaban J connectivity index is 2.30. The number of hydrogen-bond donors (Lipinski definition) is 2. The van der Waals surface area contributed by atoms with Crippen LogP contribution in [0.1, 0.15) is 33.6 Å². The molecule has 1 aliphatic heterocycles. The van der Waals surface area contributed by atoms with E-state index in [1.165, 1.54) is 0 Å². The lowest BCUT2D eigenvalue weighted by atomic mass is 9.79. The Bertz CT molecular complexity index is 240. The van der Waals surface area contributed by atoms with Crippen LogP contribution in [0.2, 0.25) is 0 Å². The van der Waals surface area contributed by atoms with Crippen molar-refractivity contribution in [1.82, 2.24) is 9.80 Å². The minimum absolute atomic E-state index is 0.0499. The normalized spacial score (nSPS) is 20.7. The van der Waals surface area contributed by atoms with Crippen LogP contribution in [0.15, 0.2) is 0 Å². The van der Waals surface area contributed by atoms with Gasteiger partial charge in [-0.2, -0.15) is 0 Å². The van der Waals surface area contributed by atoms with Gasteiger partial charge in [-0.3, -0.25) is 5.41 Å². The molecule has 1 heterocycles. The van der Waals surface area contributed by atoms with E-state index in [1.807, 2.05) is 0 Å². The first kappa shape index (κ1) is 14.5. The summed E-state index contributed by atoms with van der Waals surface area (Å²) in [6.07, 6.45) is 2.06. The lowest BCUT2D eigenvalue weighted by molar-refractivity contribution is 0.143. The second-order valence-corrected chi connectivity index (χ2v) is 5.34. The molecule has 1 fully saturated rings. The number of likely N-dealkylation sites (tertiary alicyclic amines) is 1. The van der Waals surface area contributed by atoms with E-state index in [0.29, 0.717) is 5.84 Å². The van der Waals surface area contributed by atoms with Crippen LogP contribution < -0.4 is 5.73 Å². The minimum atomic E-state index is -0.0499. The zero-order valence-corrected chi connectivity index (χ0v) is 11.6. The standard InChI is InChI=1S/C13H28N4/c1-4-16(5-2)10-11-17-8-6-13(3,7-9-17)12(14)15/h4-11H2,1-3H3,(H3,14,15). The maximum absolute atomic E-state index is 7.63. The SMILES string of the molecule is CCN(CC)CCN1CCC(C)(C(=N)N)CC1. The fraction of sp³-hybridized carbons (Fsp3) is 0.923. The van der Waals surface area contributed by atoms with Crippen molar-refractivity contribution in [3.05, 3.63) is 0 Å². The molecule has 1 aliphatic rings. The highest BCUT2D eigenvalue weighted by Crippen LogP contribution is 2.30. The van der Waals surface area contributed by atoms with Gasteiger partial charge in [-0.05, 0) is 39.0 Å². The van der Waals surface area contributed by atoms with Crippen LogP contribution in [-0.4, -0.2) is 54.9 Å². The number of likely N-dealkylation sites (N-methyl/N-ethyl adjacent to an activating group) is 1. The Morgan fingerprint density at radius 2 is 1.82 bits per heavy atom. The molecule has 0 amide bonds. The highest BCUT2D eigenvalue weighted by Gasteiger charge is 2.32. The van der Waals surface area contributed by atoms with E-state index in [9.17, 15) is 0 Å². The first-order valence-corrected chi connectivity index (χ1v) is 6.81. The third kappa shape index (κ3) is 3.96. The number of piperidine rings is 1. The Hall–Kier alpha value is -0.610. The zero-order valence-electron chi connectivity index (χ0n) is 11.6. The van der Waals surface area contributed by atoms with Crippen molar-refractivity contribution >= 4 is 5.84 Å². The third-order valence-electron chi connectivity index (χ3n) is 4.24. The molecule has 3 N–H and O–H groups in total. The van der Waals surface area contributed by atoms with Gasteiger partial charge in [0.25, 0.3) is 0 Å². The summed E-state index contributed by atoms with van der Waals surface area (Å²) >= 11 is 0. The molecule has 0 atom stereocenters. The average molecular weight is 240 g/mol. The topological polar surface area (TPSA) is 56.4 Å². The van der Waals surface area contributed by atoms with E-state index in [-0.39, 0.29) is 5.41 Å². The van der Waals surface area contributed by atoms with Crippen molar-refractivity contribution < 1.29 is 0 Å². The number of amidine groups is 1. The number of hydrogen-bond acceptors (Lipinski definition) is 3. The highest BCUT2D eigenvalue weighted by atomic mass is 15.2. The molecule has 4 nitrogen and oxygen atoms in total. The second kappa shape index (κ2) is 6.36. The van der Waals surface area contributed by atoms with Gasteiger partial charge in [-0.25, -0.2) is 0 Å². The Kier molecular flexibility index (Phi) is 5.40. The van der Waals surface area contributed by atoms with Crippen LogP contribution in [0, 0.1) is 10.8 Å². The first-order chi connectivity index (χ1) is 8.01. The van der Waals surface area contributed by atoms with E-state index in [2.05, 4.69) is 30.6 Å². The molecule has 0 aliphatic carbocycles. The van der Waals surface area contributed by atoms with Crippen LogP contribution in [0.4, 0.5) is 0 Å². The quantitative estimate of drug-likeness (QED) is 0.544. The monoisotopic (exact) mass is 240 g/mol. The molecule has 0 aromatic rings. The van der Waals surface area contributed by atoms with Gasteiger partial charge >= 0.3 is 0 Å². The molecule has 100 valence electrons.